The number of aromatic nitrogens is 1. The number of carbonyl (C=O) groups is 2. The van der Waals surface area contributed by atoms with Gasteiger partial charge in [-0.15, -0.1) is 0 Å². The molecule has 1 saturated heterocycles. The molecule has 9 nitrogen and oxygen atoms in total. The molecule has 5 rings (SSSR count). The van der Waals surface area contributed by atoms with Crippen LogP contribution in [-0.4, -0.2) is 76.3 Å². The lowest BCUT2D eigenvalue weighted by Crippen LogP contribution is -2.56. The second-order valence-electron chi connectivity index (χ2n) is 11.6. The molecule has 36 heavy (non-hydrogen) atoms. The minimum absolute atomic E-state index is 0.00820. The fourth-order valence-corrected chi connectivity index (χ4v) is 5.61. The summed E-state index contributed by atoms with van der Waals surface area (Å²) in [4.78, 5) is 36.4. The normalized spacial score (nSPS) is 22.2. The third-order valence-electron chi connectivity index (χ3n) is 7.66. The number of carbonyl (C=O) groups excluding carboxylic acids is 2. The van der Waals surface area contributed by atoms with E-state index in [4.69, 9.17) is 9.72 Å². The highest BCUT2D eigenvalue weighted by Gasteiger charge is 2.42. The van der Waals surface area contributed by atoms with E-state index in [2.05, 4.69) is 11.0 Å². The number of aliphatic hydroxyl groups excluding tert-OH is 1. The van der Waals surface area contributed by atoms with Gasteiger partial charge in [0.25, 0.3) is 0 Å². The van der Waals surface area contributed by atoms with Gasteiger partial charge < -0.3 is 24.5 Å². The Balaban J connectivity index is 1.44. The number of nitriles is 1. The molecule has 1 aromatic heterocycles. The predicted molar refractivity (Wildman–Crippen MR) is 133 cm³/mol. The van der Waals surface area contributed by atoms with Crippen molar-refractivity contribution in [1.29, 1.82) is 5.26 Å². The molecule has 1 aromatic rings. The van der Waals surface area contributed by atoms with Crippen molar-refractivity contribution in [3.63, 3.8) is 0 Å². The average molecular weight is 496 g/mol. The number of hydrogen-bond donors (Lipinski definition) is 1. The number of amides is 2. The quantitative estimate of drug-likeness (QED) is 0.669. The van der Waals surface area contributed by atoms with Crippen molar-refractivity contribution in [2.24, 2.45) is 5.92 Å². The van der Waals surface area contributed by atoms with Crippen LogP contribution in [0.2, 0.25) is 0 Å². The van der Waals surface area contributed by atoms with Crippen molar-refractivity contribution in [3.05, 3.63) is 22.4 Å². The molecule has 1 N–H and O–H groups in total. The van der Waals surface area contributed by atoms with Crippen LogP contribution in [0.5, 0.6) is 0 Å². The monoisotopic (exact) mass is 495 g/mol. The van der Waals surface area contributed by atoms with Crippen LogP contribution in [0, 0.1) is 17.2 Å². The van der Waals surface area contributed by atoms with Gasteiger partial charge in [0.15, 0.2) is 0 Å². The van der Waals surface area contributed by atoms with Gasteiger partial charge in [-0.05, 0) is 69.9 Å². The number of anilines is 1. The molecule has 2 amide bonds. The first-order chi connectivity index (χ1) is 17.2. The Morgan fingerprint density at radius 2 is 1.89 bits per heavy atom. The Morgan fingerprint density at radius 1 is 1.14 bits per heavy atom. The van der Waals surface area contributed by atoms with Crippen LogP contribution in [-0.2, 0) is 22.5 Å². The van der Waals surface area contributed by atoms with E-state index < -0.39 is 5.60 Å². The van der Waals surface area contributed by atoms with E-state index >= 15 is 0 Å². The molecule has 2 saturated carbocycles. The molecular weight excluding hydrogens is 458 g/mol. The lowest BCUT2D eigenvalue weighted by molar-refractivity contribution is -0.135. The molecule has 3 heterocycles. The van der Waals surface area contributed by atoms with E-state index in [1.54, 1.807) is 4.90 Å². The molecule has 1 unspecified atom stereocenters. The van der Waals surface area contributed by atoms with Crippen LogP contribution >= 0.6 is 0 Å². The number of piperazine rings is 1. The van der Waals surface area contributed by atoms with Gasteiger partial charge in [-0.1, -0.05) is 0 Å². The maximum atomic E-state index is 12.8. The summed E-state index contributed by atoms with van der Waals surface area (Å²) in [5.74, 6) is 1.59. The van der Waals surface area contributed by atoms with Gasteiger partial charge in [0.1, 0.15) is 17.5 Å². The van der Waals surface area contributed by atoms with Crippen LogP contribution in [0.4, 0.5) is 10.6 Å². The largest absolute Gasteiger partial charge is 0.444 e. The number of rotatable bonds is 5. The fraction of sp³-hybridized carbons (Fsp3) is 0.704. The van der Waals surface area contributed by atoms with Crippen molar-refractivity contribution in [2.75, 3.05) is 37.7 Å². The summed E-state index contributed by atoms with van der Waals surface area (Å²) in [7, 11) is 0. The van der Waals surface area contributed by atoms with Gasteiger partial charge in [-0.25, -0.2) is 9.78 Å². The SMILES string of the molecule is CC(C)(C)OC(=O)N1CCc2c(C#N)c(N3CCN(C(=O)CCO)C(C4CC4)C3)nc(C3CC3)c2C1. The molecule has 0 aromatic carbocycles. The first-order valence-electron chi connectivity index (χ1n) is 13.3. The molecule has 2 aliphatic carbocycles. The smallest absolute Gasteiger partial charge is 0.410 e. The summed E-state index contributed by atoms with van der Waals surface area (Å²) in [5, 5.41) is 19.5. The molecular formula is C27H37N5O4. The van der Waals surface area contributed by atoms with Gasteiger partial charge in [0, 0.05) is 38.5 Å². The molecule has 2 aliphatic heterocycles. The van der Waals surface area contributed by atoms with Gasteiger partial charge >= 0.3 is 6.09 Å². The highest BCUT2D eigenvalue weighted by molar-refractivity contribution is 5.77. The number of fused-ring (bicyclic) bond motifs is 1. The summed E-state index contributed by atoms with van der Waals surface area (Å²) in [6, 6.07) is 2.54. The molecule has 4 aliphatic rings. The third kappa shape index (κ3) is 5.01. The highest BCUT2D eigenvalue weighted by Crippen LogP contribution is 2.45. The molecule has 3 fully saturated rings. The average Bonchev–Trinajstić information content (AvgIpc) is 3.75. The second-order valence-corrected chi connectivity index (χ2v) is 11.6. The lowest BCUT2D eigenvalue weighted by atomic mass is 9.92. The maximum Gasteiger partial charge on any atom is 0.410 e. The number of aliphatic hydroxyl groups is 1. The summed E-state index contributed by atoms with van der Waals surface area (Å²) >= 11 is 0. The van der Waals surface area contributed by atoms with Crippen LogP contribution in [0.1, 0.15) is 81.2 Å². The third-order valence-corrected chi connectivity index (χ3v) is 7.66. The number of ether oxygens (including phenoxy) is 1. The van der Waals surface area contributed by atoms with Crippen molar-refractivity contribution in [2.45, 2.75) is 83.4 Å². The molecule has 0 spiro atoms. The van der Waals surface area contributed by atoms with E-state index in [9.17, 15) is 20.0 Å². The van der Waals surface area contributed by atoms with Crippen LogP contribution in [0.15, 0.2) is 0 Å². The zero-order valence-corrected chi connectivity index (χ0v) is 21.6. The first-order valence-corrected chi connectivity index (χ1v) is 13.3. The first kappa shape index (κ1) is 24.8. The maximum absolute atomic E-state index is 12.8. The van der Waals surface area contributed by atoms with Crippen molar-refractivity contribution in [1.82, 2.24) is 14.8 Å². The Morgan fingerprint density at radius 3 is 2.50 bits per heavy atom. The van der Waals surface area contributed by atoms with Crippen LogP contribution in [0.25, 0.3) is 0 Å². The topological polar surface area (TPSA) is 110 Å². The zero-order chi connectivity index (χ0) is 25.6. The molecule has 1 atom stereocenters. The van der Waals surface area contributed by atoms with Gasteiger partial charge in [-0.3, -0.25) is 4.79 Å². The zero-order valence-electron chi connectivity index (χ0n) is 21.6. The molecule has 9 heteroatoms. The van der Waals surface area contributed by atoms with E-state index in [1.165, 1.54) is 0 Å². The molecule has 0 bridgehead atoms. The van der Waals surface area contributed by atoms with Crippen molar-refractivity contribution >= 4 is 17.8 Å². The van der Waals surface area contributed by atoms with Gasteiger partial charge in [0.05, 0.1) is 30.5 Å². The minimum atomic E-state index is -0.560. The summed E-state index contributed by atoms with van der Waals surface area (Å²) < 4.78 is 5.62. The Hall–Kier alpha value is -2.86. The molecule has 194 valence electrons. The van der Waals surface area contributed by atoms with Crippen molar-refractivity contribution < 1.29 is 19.4 Å². The van der Waals surface area contributed by atoms with E-state index in [0.29, 0.717) is 56.5 Å². The standard InChI is InChI=1S/C27H37N5O4/c1-27(2,3)36-26(35)31-10-8-19-20(14-28)25(29-24(18-6-7-18)21(19)15-31)30-11-12-32(23(34)9-13-33)22(16-30)17-4-5-17/h17-18,22,33H,4-13,15-16H2,1-3H3. The van der Waals surface area contributed by atoms with Crippen molar-refractivity contribution in [3.8, 4) is 6.07 Å². The highest BCUT2D eigenvalue weighted by atomic mass is 16.6. The number of pyridine rings is 1. The van der Waals surface area contributed by atoms with E-state index in [1.807, 2.05) is 25.7 Å². The van der Waals surface area contributed by atoms with Gasteiger partial charge in [0.2, 0.25) is 5.91 Å². The summed E-state index contributed by atoms with van der Waals surface area (Å²) in [6.07, 6.45) is 4.80. The van der Waals surface area contributed by atoms with E-state index in [0.717, 1.165) is 48.3 Å². The number of hydrogen-bond acceptors (Lipinski definition) is 7. The fourth-order valence-electron chi connectivity index (χ4n) is 5.61. The second kappa shape index (κ2) is 9.55. The predicted octanol–water partition coefficient (Wildman–Crippen LogP) is 2.93. The summed E-state index contributed by atoms with van der Waals surface area (Å²) in [6.45, 7) is 8.27. The minimum Gasteiger partial charge on any atom is -0.444 e. The number of nitrogens with zero attached hydrogens (tertiary/aromatic N) is 5. The Labute approximate surface area is 213 Å². The summed E-state index contributed by atoms with van der Waals surface area (Å²) in [5.41, 5.74) is 3.11. The van der Waals surface area contributed by atoms with Crippen LogP contribution in [0.3, 0.4) is 0 Å². The van der Waals surface area contributed by atoms with Crippen LogP contribution < -0.4 is 4.90 Å². The van der Waals surface area contributed by atoms with E-state index in [-0.39, 0.29) is 31.1 Å². The Bertz CT molecular complexity index is 1080. The Kier molecular flexibility index (Phi) is 6.58. The lowest BCUT2D eigenvalue weighted by Gasteiger charge is -2.43. The van der Waals surface area contributed by atoms with Gasteiger partial charge in [-0.2, -0.15) is 5.26 Å². The molecule has 0 radical (unpaired) electrons.